The Morgan fingerprint density at radius 1 is 1.26 bits per heavy atom. The summed E-state index contributed by atoms with van der Waals surface area (Å²) in [4.78, 5) is 36.3. The van der Waals surface area contributed by atoms with E-state index in [1.807, 2.05) is 0 Å². The average Bonchev–Trinajstić information content (AvgIpc) is 2.73. The number of fused-ring (bicyclic) bond motifs is 1. The molecule has 1 aromatic heterocycles. The van der Waals surface area contributed by atoms with Gasteiger partial charge in [-0.25, -0.2) is 4.79 Å². The van der Waals surface area contributed by atoms with Crippen LogP contribution in [0, 0.1) is 0 Å². The molecule has 6 nitrogen and oxygen atoms in total. The first-order valence-corrected chi connectivity index (χ1v) is 5.51. The van der Waals surface area contributed by atoms with Gasteiger partial charge in [-0.15, -0.1) is 0 Å². The quantitative estimate of drug-likeness (QED) is 0.494. The zero-order chi connectivity index (χ0) is 14.0. The van der Waals surface area contributed by atoms with Crippen molar-refractivity contribution in [2.24, 2.45) is 0 Å². The second kappa shape index (κ2) is 4.93. The van der Waals surface area contributed by atoms with E-state index < -0.39 is 17.7 Å². The molecule has 6 heteroatoms. The van der Waals surface area contributed by atoms with Crippen molar-refractivity contribution >= 4 is 28.6 Å². The van der Waals surface area contributed by atoms with E-state index in [0.29, 0.717) is 10.9 Å². The van der Waals surface area contributed by atoms with Crippen LogP contribution in [0.4, 0.5) is 0 Å². The highest BCUT2D eigenvalue weighted by Crippen LogP contribution is 2.23. The fourth-order valence-corrected chi connectivity index (χ4v) is 1.85. The Labute approximate surface area is 108 Å². The summed E-state index contributed by atoms with van der Waals surface area (Å²) in [6.45, 7) is 1.07. The van der Waals surface area contributed by atoms with E-state index in [0.717, 1.165) is 0 Å². The number of aromatic amines is 1. The Kier molecular flexibility index (Phi) is 3.33. The molecule has 0 aliphatic rings. The third kappa shape index (κ3) is 2.47. The van der Waals surface area contributed by atoms with Gasteiger partial charge in [0.2, 0.25) is 0 Å². The van der Waals surface area contributed by atoms with Crippen molar-refractivity contribution in [3.63, 3.8) is 0 Å². The van der Waals surface area contributed by atoms with Crippen molar-refractivity contribution in [3.8, 4) is 0 Å². The third-order valence-electron chi connectivity index (χ3n) is 2.62. The summed E-state index contributed by atoms with van der Waals surface area (Å²) in [6, 6.07) is 6.80. The molecule has 0 spiro atoms. The molecule has 0 aliphatic carbocycles. The Morgan fingerprint density at radius 2 is 1.95 bits per heavy atom. The number of Topliss-reactive ketones (excluding diaryl/α,β-unsaturated/α-hetero) is 1. The van der Waals surface area contributed by atoms with E-state index in [1.165, 1.54) is 6.92 Å². The number of esters is 1. The highest BCUT2D eigenvalue weighted by atomic mass is 16.5. The number of aliphatic carboxylic acids is 1. The summed E-state index contributed by atoms with van der Waals surface area (Å²) in [7, 11) is 0. The van der Waals surface area contributed by atoms with Gasteiger partial charge in [-0.2, -0.15) is 0 Å². The number of para-hydroxylation sites is 1. The lowest BCUT2D eigenvalue weighted by atomic mass is 10.1. The van der Waals surface area contributed by atoms with Crippen molar-refractivity contribution in [2.75, 3.05) is 0 Å². The van der Waals surface area contributed by atoms with Crippen molar-refractivity contribution in [3.05, 3.63) is 35.5 Å². The predicted octanol–water partition coefficient (Wildman–Crippen LogP) is 1.50. The molecule has 2 N–H and O–H groups in total. The van der Waals surface area contributed by atoms with E-state index in [-0.39, 0.29) is 17.9 Å². The van der Waals surface area contributed by atoms with Crippen molar-refractivity contribution < 1.29 is 24.2 Å². The van der Waals surface area contributed by atoms with Crippen LogP contribution in [-0.4, -0.2) is 27.8 Å². The average molecular weight is 261 g/mol. The molecule has 19 heavy (non-hydrogen) atoms. The SMILES string of the molecule is CC(=O)OCc1[nH]c2ccccc2c1C(=O)C(=O)O. The van der Waals surface area contributed by atoms with Crippen LogP contribution in [0.3, 0.4) is 0 Å². The highest BCUT2D eigenvalue weighted by molar-refractivity contribution is 6.42. The number of H-pyrrole nitrogens is 1. The number of ketones is 1. The number of rotatable bonds is 4. The second-order valence-corrected chi connectivity index (χ2v) is 3.94. The first kappa shape index (κ1) is 12.8. The van der Waals surface area contributed by atoms with E-state index >= 15 is 0 Å². The third-order valence-corrected chi connectivity index (χ3v) is 2.62. The molecule has 0 amide bonds. The zero-order valence-electron chi connectivity index (χ0n) is 10.1. The van der Waals surface area contributed by atoms with E-state index in [4.69, 9.17) is 9.84 Å². The number of hydrogen-bond donors (Lipinski definition) is 2. The number of ether oxygens (including phenoxy) is 1. The van der Waals surface area contributed by atoms with Crippen LogP contribution in [0.15, 0.2) is 24.3 Å². The summed E-state index contributed by atoms with van der Waals surface area (Å²) >= 11 is 0. The lowest BCUT2D eigenvalue weighted by Crippen LogP contribution is -2.15. The normalized spacial score (nSPS) is 10.4. The van der Waals surface area contributed by atoms with E-state index in [9.17, 15) is 14.4 Å². The number of benzene rings is 1. The van der Waals surface area contributed by atoms with Gasteiger partial charge in [-0.1, -0.05) is 18.2 Å². The Hall–Kier alpha value is -2.63. The smallest absolute Gasteiger partial charge is 0.377 e. The van der Waals surface area contributed by atoms with E-state index in [2.05, 4.69) is 4.98 Å². The molecule has 0 radical (unpaired) electrons. The van der Waals surface area contributed by atoms with E-state index in [1.54, 1.807) is 24.3 Å². The van der Waals surface area contributed by atoms with Gasteiger partial charge in [0.05, 0.1) is 11.3 Å². The minimum atomic E-state index is -1.55. The van der Waals surface area contributed by atoms with Gasteiger partial charge in [0.25, 0.3) is 5.78 Å². The summed E-state index contributed by atoms with van der Waals surface area (Å²) in [6.07, 6.45) is 0. The Bertz CT molecular complexity index is 671. The lowest BCUT2D eigenvalue weighted by Gasteiger charge is -2.02. The van der Waals surface area contributed by atoms with Crippen LogP contribution in [0.5, 0.6) is 0 Å². The summed E-state index contributed by atoms with van der Waals surface area (Å²) < 4.78 is 4.81. The zero-order valence-corrected chi connectivity index (χ0v) is 10.1. The first-order chi connectivity index (χ1) is 9.00. The Morgan fingerprint density at radius 3 is 2.58 bits per heavy atom. The second-order valence-electron chi connectivity index (χ2n) is 3.94. The van der Waals surface area contributed by atoms with Gasteiger partial charge >= 0.3 is 11.9 Å². The molecule has 2 aromatic rings. The lowest BCUT2D eigenvalue weighted by molar-refractivity contribution is -0.142. The molecule has 1 aromatic carbocycles. The number of carbonyl (C=O) groups excluding carboxylic acids is 2. The van der Waals surface area contributed by atoms with Crippen LogP contribution in [0.25, 0.3) is 10.9 Å². The summed E-state index contributed by atoms with van der Waals surface area (Å²) in [5, 5.41) is 9.34. The fraction of sp³-hybridized carbons (Fsp3) is 0.154. The van der Waals surface area contributed by atoms with Gasteiger partial charge in [-0.05, 0) is 6.07 Å². The monoisotopic (exact) mass is 261 g/mol. The molecule has 0 atom stereocenters. The molecule has 0 unspecified atom stereocenters. The van der Waals surface area contributed by atoms with Crippen LogP contribution in [0.2, 0.25) is 0 Å². The van der Waals surface area contributed by atoms with Gasteiger partial charge in [0, 0.05) is 17.8 Å². The van der Waals surface area contributed by atoms with Gasteiger partial charge < -0.3 is 14.8 Å². The Balaban J connectivity index is 2.55. The minimum absolute atomic E-state index is 0.0318. The number of carbonyl (C=O) groups is 3. The van der Waals surface area contributed by atoms with Gasteiger partial charge in [-0.3, -0.25) is 9.59 Å². The standard InChI is InChI=1S/C13H11NO5/c1-7(15)19-6-10-11(12(16)13(17)18)8-4-2-3-5-9(8)14-10/h2-5,14H,6H2,1H3,(H,17,18). The summed E-state index contributed by atoms with van der Waals surface area (Å²) in [5.41, 5.74) is 0.933. The maximum absolute atomic E-state index is 11.7. The van der Waals surface area contributed by atoms with Gasteiger partial charge in [0.15, 0.2) is 0 Å². The molecule has 0 saturated carbocycles. The summed E-state index contributed by atoms with van der Waals surface area (Å²) in [5.74, 6) is -3.08. The predicted molar refractivity (Wildman–Crippen MR) is 65.7 cm³/mol. The minimum Gasteiger partial charge on any atom is -0.475 e. The maximum Gasteiger partial charge on any atom is 0.377 e. The first-order valence-electron chi connectivity index (χ1n) is 5.51. The van der Waals surface area contributed by atoms with Crippen molar-refractivity contribution in [2.45, 2.75) is 13.5 Å². The molecular formula is C13H11NO5. The van der Waals surface area contributed by atoms with Crippen LogP contribution >= 0.6 is 0 Å². The molecule has 0 fully saturated rings. The molecule has 2 rings (SSSR count). The molecule has 1 heterocycles. The topological polar surface area (TPSA) is 96.5 Å². The van der Waals surface area contributed by atoms with Crippen molar-refractivity contribution in [1.29, 1.82) is 0 Å². The largest absolute Gasteiger partial charge is 0.475 e. The van der Waals surface area contributed by atoms with Crippen LogP contribution in [0.1, 0.15) is 23.0 Å². The number of hydrogen-bond acceptors (Lipinski definition) is 4. The molecular weight excluding hydrogens is 250 g/mol. The number of aromatic nitrogens is 1. The van der Waals surface area contributed by atoms with Crippen LogP contribution < -0.4 is 0 Å². The number of carboxylic acid groups (broad SMARTS) is 1. The number of nitrogens with one attached hydrogen (secondary N) is 1. The molecule has 0 saturated heterocycles. The highest BCUT2D eigenvalue weighted by Gasteiger charge is 2.23. The van der Waals surface area contributed by atoms with Gasteiger partial charge in [0.1, 0.15) is 6.61 Å². The maximum atomic E-state index is 11.7. The molecule has 98 valence electrons. The van der Waals surface area contributed by atoms with Crippen molar-refractivity contribution in [1.82, 2.24) is 4.98 Å². The van der Waals surface area contributed by atoms with Crippen LogP contribution in [-0.2, 0) is 20.9 Å². The molecule has 0 aliphatic heterocycles. The molecule has 0 bridgehead atoms. The fourth-order valence-electron chi connectivity index (χ4n) is 1.85. The number of carboxylic acids is 1.